The zero-order valence-corrected chi connectivity index (χ0v) is 11.2. The van der Waals surface area contributed by atoms with Gasteiger partial charge in [0.15, 0.2) is 0 Å². The smallest absolute Gasteiger partial charge is 0.224 e. The van der Waals surface area contributed by atoms with Crippen LogP contribution in [0.15, 0.2) is 0 Å². The van der Waals surface area contributed by atoms with E-state index in [0.29, 0.717) is 18.5 Å². The molecule has 0 aromatic heterocycles. The van der Waals surface area contributed by atoms with Gasteiger partial charge in [-0.25, -0.2) is 0 Å². The highest BCUT2D eigenvalue weighted by Crippen LogP contribution is 2.26. The molecule has 1 fully saturated rings. The Hall–Kier alpha value is -0.280. The number of carbonyl (C=O) groups excluding carboxylic acids is 1. The highest BCUT2D eigenvalue weighted by atomic mass is 35.5. The fourth-order valence-corrected chi connectivity index (χ4v) is 2.32. The monoisotopic (exact) mass is 248 g/mol. The highest BCUT2D eigenvalue weighted by molar-refractivity contribution is 5.85. The van der Waals surface area contributed by atoms with E-state index in [4.69, 9.17) is 5.73 Å². The van der Waals surface area contributed by atoms with Gasteiger partial charge in [0.25, 0.3) is 0 Å². The van der Waals surface area contributed by atoms with Gasteiger partial charge in [0.2, 0.25) is 5.91 Å². The lowest BCUT2D eigenvalue weighted by Gasteiger charge is -2.32. The van der Waals surface area contributed by atoms with Crippen LogP contribution in [0.4, 0.5) is 0 Å². The predicted molar refractivity (Wildman–Crippen MR) is 69.6 cm³/mol. The molecule has 1 saturated carbocycles. The molecule has 16 heavy (non-hydrogen) atoms. The molecule has 0 aliphatic heterocycles. The third-order valence-corrected chi connectivity index (χ3v) is 3.56. The van der Waals surface area contributed by atoms with Crippen LogP contribution in [0, 0.1) is 11.8 Å². The molecule has 0 saturated heterocycles. The van der Waals surface area contributed by atoms with Gasteiger partial charge in [0.05, 0.1) is 0 Å². The number of carbonyl (C=O) groups is 1. The molecule has 4 heteroatoms. The van der Waals surface area contributed by atoms with Gasteiger partial charge in [-0.05, 0) is 18.8 Å². The summed E-state index contributed by atoms with van der Waals surface area (Å²) in [5, 5.41) is 3.15. The van der Waals surface area contributed by atoms with Crippen LogP contribution < -0.4 is 11.1 Å². The molecule has 3 atom stereocenters. The van der Waals surface area contributed by atoms with Crippen molar-refractivity contribution in [2.75, 3.05) is 6.54 Å². The van der Waals surface area contributed by atoms with Crippen LogP contribution in [0.1, 0.15) is 46.0 Å². The maximum atomic E-state index is 11.7. The third-order valence-electron chi connectivity index (χ3n) is 3.56. The first kappa shape index (κ1) is 15.7. The molecule has 0 spiro atoms. The number of amides is 1. The Balaban J connectivity index is 0.00000225. The van der Waals surface area contributed by atoms with Gasteiger partial charge in [0, 0.05) is 18.5 Å². The van der Waals surface area contributed by atoms with E-state index in [1.165, 1.54) is 25.7 Å². The zero-order valence-electron chi connectivity index (χ0n) is 10.4. The molecule has 3 nitrogen and oxygen atoms in total. The number of hydrogen-bond acceptors (Lipinski definition) is 2. The Morgan fingerprint density at radius 2 is 2.06 bits per heavy atom. The molecule has 3 unspecified atom stereocenters. The molecule has 1 aliphatic carbocycles. The van der Waals surface area contributed by atoms with Crippen LogP contribution >= 0.6 is 12.4 Å². The second-order valence-electron chi connectivity index (χ2n) is 4.70. The quantitative estimate of drug-likeness (QED) is 0.801. The molecule has 1 amide bonds. The first-order chi connectivity index (χ1) is 7.19. The Kier molecular flexibility index (Phi) is 7.77. The average molecular weight is 249 g/mol. The van der Waals surface area contributed by atoms with E-state index < -0.39 is 0 Å². The zero-order chi connectivity index (χ0) is 11.3. The molecule has 96 valence electrons. The fourth-order valence-electron chi connectivity index (χ4n) is 2.32. The van der Waals surface area contributed by atoms with Crippen molar-refractivity contribution in [2.24, 2.45) is 17.6 Å². The van der Waals surface area contributed by atoms with Crippen molar-refractivity contribution < 1.29 is 4.79 Å². The van der Waals surface area contributed by atoms with Gasteiger partial charge in [-0.3, -0.25) is 4.79 Å². The van der Waals surface area contributed by atoms with Gasteiger partial charge in [-0.15, -0.1) is 12.4 Å². The van der Waals surface area contributed by atoms with Crippen molar-refractivity contribution in [2.45, 2.75) is 52.0 Å². The molecule has 1 aliphatic rings. The third kappa shape index (κ3) is 4.30. The normalized spacial score (nSPS) is 26.7. The minimum absolute atomic E-state index is 0. The Morgan fingerprint density at radius 1 is 1.44 bits per heavy atom. The minimum Gasteiger partial charge on any atom is -0.353 e. The summed E-state index contributed by atoms with van der Waals surface area (Å²) in [6, 6.07) is 0.394. The first-order valence-electron chi connectivity index (χ1n) is 6.19. The van der Waals surface area contributed by atoms with E-state index in [1.807, 2.05) is 6.92 Å². The summed E-state index contributed by atoms with van der Waals surface area (Å²) in [6.07, 6.45) is 6.14. The van der Waals surface area contributed by atoms with E-state index in [1.54, 1.807) is 0 Å². The topological polar surface area (TPSA) is 55.1 Å². The maximum Gasteiger partial charge on any atom is 0.224 e. The van der Waals surface area contributed by atoms with E-state index >= 15 is 0 Å². The summed E-state index contributed by atoms with van der Waals surface area (Å²) in [7, 11) is 0. The summed E-state index contributed by atoms with van der Waals surface area (Å²) in [5.41, 5.74) is 5.48. The molecule has 0 bridgehead atoms. The van der Waals surface area contributed by atoms with Crippen LogP contribution in [0.25, 0.3) is 0 Å². The Bertz CT molecular complexity index is 211. The summed E-state index contributed by atoms with van der Waals surface area (Å²) in [6.45, 7) is 4.54. The van der Waals surface area contributed by atoms with Crippen molar-refractivity contribution in [3.8, 4) is 0 Å². The molecule has 1 rings (SSSR count). The van der Waals surface area contributed by atoms with E-state index in [-0.39, 0.29) is 24.2 Å². The molecular weight excluding hydrogens is 224 g/mol. The van der Waals surface area contributed by atoms with Crippen LogP contribution in [-0.4, -0.2) is 18.5 Å². The van der Waals surface area contributed by atoms with Crippen molar-refractivity contribution in [1.82, 2.24) is 5.32 Å². The SMILES string of the molecule is CCC1CCCCC1NC(=O)C(C)CN.Cl. The van der Waals surface area contributed by atoms with Crippen molar-refractivity contribution in [3.05, 3.63) is 0 Å². The lowest BCUT2D eigenvalue weighted by Crippen LogP contribution is -2.45. The lowest BCUT2D eigenvalue weighted by molar-refractivity contribution is -0.125. The second-order valence-corrected chi connectivity index (χ2v) is 4.70. The van der Waals surface area contributed by atoms with Crippen molar-refractivity contribution in [1.29, 1.82) is 0 Å². The number of rotatable bonds is 4. The minimum atomic E-state index is -0.0515. The Morgan fingerprint density at radius 3 is 2.62 bits per heavy atom. The summed E-state index contributed by atoms with van der Waals surface area (Å²) >= 11 is 0. The second kappa shape index (κ2) is 7.91. The first-order valence-corrected chi connectivity index (χ1v) is 6.19. The lowest BCUT2D eigenvalue weighted by atomic mass is 9.82. The fraction of sp³-hybridized carbons (Fsp3) is 0.917. The largest absolute Gasteiger partial charge is 0.353 e. The van der Waals surface area contributed by atoms with Crippen molar-refractivity contribution >= 4 is 18.3 Å². The van der Waals surface area contributed by atoms with Crippen LogP contribution in [-0.2, 0) is 4.79 Å². The average Bonchev–Trinajstić information content (AvgIpc) is 2.28. The highest BCUT2D eigenvalue weighted by Gasteiger charge is 2.25. The number of hydrogen-bond donors (Lipinski definition) is 2. The number of halogens is 1. The van der Waals surface area contributed by atoms with E-state index in [0.717, 1.165) is 6.42 Å². The summed E-state index contributed by atoms with van der Waals surface area (Å²) in [4.78, 5) is 11.7. The standard InChI is InChI=1S/C12H24N2O.ClH/c1-3-10-6-4-5-7-11(10)14-12(15)9(2)8-13;/h9-11H,3-8,13H2,1-2H3,(H,14,15);1H. The van der Waals surface area contributed by atoms with Gasteiger partial charge in [-0.1, -0.05) is 33.1 Å². The molecule has 0 heterocycles. The molecular formula is C12H25ClN2O. The van der Waals surface area contributed by atoms with Gasteiger partial charge >= 0.3 is 0 Å². The van der Waals surface area contributed by atoms with Gasteiger partial charge in [0.1, 0.15) is 0 Å². The maximum absolute atomic E-state index is 11.7. The van der Waals surface area contributed by atoms with Crippen LogP contribution in [0.2, 0.25) is 0 Å². The molecule has 0 aromatic rings. The number of nitrogens with one attached hydrogen (secondary N) is 1. The van der Waals surface area contributed by atoms with Gasteiger partial charge < -0.3 is 11.1 Å². The Labute approximate surface area is 105 Å². The summed E-state index contributed by atoms with van der Waals surface area (Å²) in [5.74, 6) is 0.750. The molecule has 0 aromatic carbocycles. The molecule has 0 radical (unpaired) electrons. The predicted octanol–water partition coefficient (Wildman–Crippen LogP) is 2.09. The number of nitrogens with two attached hydrogens (primary N) is 1. The van der Waals surface area contributed by atoms with Crippen molar-refractivity contribution in [3.63, 3.8) is 0 Å². The van der Waals surface area contributed by atoms with Crippen LogP contribution in [0.5, 0.6) is 0 Å². The van der Waals surface area contributed by atoms with E-state index in [9.17, 15) is 4.79 Å². The summed E-state index contributed by atoms with van der Waals surface area (Å²) < 4.78 is 0. The molecule has 3 N–H and O–H groups in total. The van der Waals surface area contributed by atoms with Gasteiger partial charge in [-0.2, -0.15) is 0 Å². The van der Waals surface area contributed by atoms with E-state index in [2.05, 4.69) is 12.2 Å². The van der Waals surface area contributed by atoms with Crippen LogP contribution in [0.3, 0.4) is 0 Å².